The average molecular weight is 485 g/mol. The summed E-state index contributed by atoms with van der Waals surface area (Å²) < 4.78 is 37.5. The third-order valence-corrected chi connectivity index (χ3v) is 6.33. The first-order valence-corrected chi connectivity index (χ1v) is 11.9. The molecule has 0 unspecified atom stereocenters. The fourth-order valence-electron chi connectivity index (χ4n) is 3.39. The molecule has 0 aliphatic rings. The molecule has 2 N–H and O–H groups in total. The van der Waals surface area contributed by atoms with Crippen LogP contribution in [0.5, 0.6) is 0 Å². The number of aromatic amines is 1. The van der Waals surface area contributed by atoms with Crippen LogP contribution in [-0.2, 0) is 19.5 Å². The van der Waals surface area contributed by atoms with Crippen LogP contribution in [-0.4, -0.2) is 44.3 Å². The highest BCUT2D eigenvalue weighted by atomic mass is 32.2. The van der Waals surface area contributed by atoms with Crippen molar-refractivity contribution in [3.63, 3.8) is 0 Å². The number of esters is 2. The predicted octanol–water partition coefficient (Wildman–Crippen LogP) is 3.65. The first-order chi connectivity index (χ1) is 16.1. The normalized spacial score (nSPS) is 11.0. The number of carbonyl (C=O) groups excluding carboxylic acids is 3. The Morgan fingerprint density at radius 1 is 0.941 bits per heavy atom. The second-order valence-electron chi connectivity index (χ2n) is 7.34. The lowest BCUT2D eigenvalue weighted by molar-refractivity contribution is 0.0473. The Morgan fingerprint density at radius 3 is 2.32 bits per heavy atom. The van der Waals surface area contributed by atoms with Gasteiger partial charge in [0.05, 0.1) is 17.1 Å². The summed E-state index contributed by atoms with van der Waals surface area (Å²) in [6.45, 7) is 4.55. The van der Waals surface area contributed by atoms with Crippen LogP contribution in [0.4, 0.5) is 5.69 Å². The number of anilines is 1. The van der Waals surface area contributed by atoms with Crippen LogP contribution >= 0.6 is 0 Å². The summed E-state index contributed by atoms with van der Waals surface area (Å²) in [5.41, 5.74) is 1.53. The number of carbonyl (C=O) groups is 3. The second-order valence-corrected chi connectivity index (χ2v) is 9.03. The first kappa shape index (κ1) is 24.7. The van der Waals surface area contributed by atoms with Crippen LogP contribution in [0, 0.1) is 13.8 Å². The molecule has 34 heavy (non-hydrogen) atoms. The fourth-order valence-corrected chi connectivity index (χ4v) is 4.46. The summed E-state index contributed by atoms with van der Waals surface area (Å²) in [5.74, 6) is -1.87. The van der Waals surface area contributed by atoms with E-state index in [0.717, 1.165) is 0 Å². The second kappa shape index (κ2) is 10.3. The van der Waals surface area contributed by atoms with Crippen LogP contribution in [0.2, 0.25) is 0 Å². The number of H-pyrrole nitrogens is 1. The van der Waals surface area contributed by atoms with Crippen molar-refractivity contribution in [2.75, 3.05) is 17.9 Å². The van der Waals surface area contributed by atoms with Gasteiger partial charge in [-0.3, -0.25) is 9.52 Å². The van der Waals surface area contributed by atoms with Gasteiger partial charge in [-0.25, -0.2) is 18.0 Å². The van der Waals surface area contributed by atoms with Crippen LogP contribution in [0.25, 0.3) is 0 Å². The topological polar surface area (TPSA) is 132 Å². The molecule has 0 saturated carbocycles. The van der Waals surface area contributed by atoms with Gasteiger partial charge >= 0.3 is 11.9 Å². The Hall–Kier alpha value is -3.92. The van der Waals surface area contributed by atoms with Gasteiger partial charge in [0.1, 0.15) is 5.69 Å². The molecule has 2 aromatic carbocycles. The number of nitrogens with one attached hydrogen (secondary N) is 2. The number of Topliss-reactive ketones (excluding diaryl/α,β-unsaturated/α-hetero) is 1. The van der Waals surface area contributed by atoms with Crippen LogP contribution in [0.3, 0.4) is 0 Å². The summed E-state index contributed by atoms with van der Waals surface area (Å²) in [7, 11) is -3.83. The zero-order valence-corrected chi connectivity index (χ0v) is 19.7. The first-order valence-electron chi connectivity index (χ1n) is 10.4. The highest BCUT2D eigenvalue weighted by molar-refractivity contribution is 7.92. The number of benzene rings is 2. The van der Waals surface area contributed by atoms with Crippen molar-refractivity contribution < 1.29 is 32.3 Å². The molecule has 1 heterocycles. The minimum Gasteiger partial charge on any atom is -0.461 e. The average Bonchev–Trinajstić information content (AvgIpc) is 3.12. The minimum atomic E-state index is -3.83. The quantitative estimate of drug-likeness (QED) is 0.350. The summed E-state index contributed by atoms with van der Waals surface area (Å²) in [6, 6.07) is 13.5. The van der Waals surface area contributed by atoms with Crippen molar-refractivity contribution in [2.45, 2.75) is 25.7 Å². The summed E-state index contributed by atoms with van der Waals surface area (Å²) >= 11 is 0. The van der Waals surface area contributed by atoms with Gasteiger partial charge in [-0.15, -0.1) is 0 Å². The molecular weight excluding hydrogens is 460 g/mol. The zero-order chi connectivity index (χ0) is 24.9. The Morgan fingerprint density at radius 2 is 1.65 bits per heavy atom. The number of ether oxygens (including phenoxy) is 2. The number of ketones is 1. The summed E-state index contributed by atoms with van der Waals surface area (Å²) in [5, 5.41) is 0. The summed E-state index contributed by atoms with van der Waals surface area (Å²) in [6.07, 6.45) is 0. The van der Waals surface area contributed by atoms with Gasteiger partial charge in [0, 0.05) is 16.9 Å². The number of hydrogen-bond donors (Lipinski definition) is 2. The third kappa shape index (κ3) is 5.52. The molecule has 10 heteroatoms. The maximum absolute atomic E-state index is 12.7. The fraction of sp³-hybridized carbons (Fsp3) is 0.208. The van der Waals surface area contributed by atoms with Crippen molar-refractivity contribution in [3.05, 3.63) is 82.7 Å². The SMILES string of the molecule is CCOC(=O)c1[nH]c(C)c(C(=O)COC(=O)c2cccc(NS(=O)(=O)c3ccccc3)c2)c1C. The molecule has 0 radical (unpaired) electrons. The standard InChI is InChI=1S/C24H24N2O7S/c1-4-32-24(29)22-15(2)21(16(3)25-22)20(27)14-33-23(28)17-9-8-10-18(13-17)26-34(30,31)19-11-6-5-7-12-19/h5-13,25-26H,4,14H2,1-3H3. The number of aryl methyl sites for hydroxylation is 1. The molecule has 1 aromatic heterocycles. The lowest BCUT2D eigenvalue weighted by atomic mass is 10.1. The molecule has 0 aliphatic heterocycles. The molecule has 0 aliphatic carbocycles. The molecular formula is C24H24N2O7S. The van der Waals surface area contributed by atoms with Crippen molar-refractivity contribution in [3.8, 4) is 0 Å². The lowest BCUT2D eigenvalue weighted by Crippen LogP contribution is -2.16. The van der Waals surface area contributed by atoms with Gasteiger partial charge in [0.25, 0.3) is 10.0 Å². The molecule has 3 rings (SSSR count). The zero-order valence-electron chi connectivity index (χ0n) is 18.9. The molecule has 0 fully saturated rings. The van der Waals surface area contributed by atoms with Crippen molar-refractivity contribution in [2.24, 2.45) is 0 Å². The van der Waals surface area contributed by atoms with E-state index in [-0.39, 0.29) is 34.0 Å². The Bertz CT molecular complexity index is 1330. The molecule has 0 saturated heterocycles. The maximum Gasteiger partial charge on any atom is 0.355 e. The van der Waals surface area contributed by atoms with E-state index in [1.807, 2.05) is 0 Å². The Balaban J connectivity index is 1.69. The summed E-state index contributed by atoms with van der Waals surface area (Å²) in [4.78, 5) is 40.1. The van der Waals surface area contributed by atoms with E-state index in [1.165, 1.54) is 36.4 Å². The molecule has 0 bridgehead atoms. The number of aromatic nitrogens is 1. The van der Waals surface area contributed by atoms with Gasteiger partial charge < -0.3 is 14.5 Å². The van der Waals surface area contributed by atoms with Gasteiger partial charge in [-0.2, -0.15) is 0 Å². The largest absolute Gasteiger partial charge is 0.461 e. The molecule has 9 nitrogen and oxygen atoms in total. The monoisotopic (exact) mass is 484 g/mol. The van der Waals surface area contributed by atoms with Gasteiger partial charge in [-0.05, 0) is 56.7 Å². The van der Waals surface area contributed by atoms with E-state index in [1.54, 1.807) is 39.0 Å². The smallest absolute Gasteiger partial charge is 0.355 e. The maximum atomic E-state index is 12.7. The van der Waals surface area contributed by atoms with Crippen LogP contribution in [0.1, 0.15) is 49.4 Å². The van der Waals surface area contributed by atoms with Gasteiger partial charge in [-0.1, -0.05) is 24.3 Å². The van der Waals surface area contributed by atoms with Crippen molar-refractivity contribution >= 4 is 33.4 Å². The highest BCUT2D eigenvalue weighted by Gasteiger charge is 2.24. The molecule has 0 amide bonds. The number of sulfonamides is 1. The Kier molecular flexibility index (Phi) is 7.52. The van der Waals surface area contributed by atoms with E-state index in [0.29, 0.717) is 11.3 Å². The molecule has 178 valence electrons. The molecule has 0 spiro atoms. The lowest BCUT2D eigenvalue weighted by Gasteiger charge is -2.10. The van der Waals surface area contributed by atoms with Crippen molar-refractivity contribution in [1.29, 1.82) is 0 Å². The number of rotatable bonds is 9. The van der Waals surface area contributed by atoms with E-state index in [9.17, 15) is 22.8 Å². The number of hydrogen-bond acceptors (Lipinski definition) is 7. The van der Waals surface area contributed by atoms with E-state index < -0.39 is 34.4 Å². The third-order valence-electron chi connectivity index (χ3n) is 4.93. The van der Waals surface area contributed by atoms with Crippen LogP contribution in [0.15, 0.2) is 59.5 Å². The van der Waals surface area contributed by atoms with Gasteiger partial charge in [0.15, 0.2) is 6.61 Å². The van der Waals surface area contributed by atoms with Gasteiger partial charge in [0.2, 0.25) is 5.78 Å². The minimum absolute atomic E-state index is 0.0655. The van der Waals surface area contributed by atoms with Crippen LogP contribution < -0.4 is 4.72 Å². The Labute approximate surface area is 197 Å². The molecule has 3 aromatic rings. The van der Waals surface area contributed by atoms with Crippen molar-refractivity contribution in [1.82, 2.24) is 4.98 Å². The predicted molar refractivity (Wildman–Crippen MR) is 125 cm³/mol. The van der Waals surface area contributed by atoms with E-state index in [2.05, 4.69) is 9.71 Å². The van der Waals surface area contributed by atoms with E-state index in [4.69, 9.17) is 9.47 Å². The molecule has 0 atom stereocenters. The van der Waals surface area contributed by atoms with E-state index >= 15 is 0 Å². The highest BCUT2D eigenvalue weighted by Crippen LogP contribution is 2.21.